The molecule has 2 N–H and O–H groups in total. The molecule has 0 saturated heterocycles. The number of aliphatic carboxylic acids is 1. The summed E-state index contributed by atoms with van der Waals surface area (Å²) in [5.74, 6) is -1.48. The van der Waals surface area contributed by atoms with Crippen LogP contribution in [0.4, 0.5) is 5.69 Å². The van der Waals surface area contributed by atoms with Crippen molar-refractivity contribution in [3.05, 3.63) is 89.0 Å². The van der Waals surface area contributed by atoms with Crippen LogP contribution in [-0.4, -0.2) is 33.3 Å². The van der Waals surface area contributed by atoms with Crippen molar-refractivity contribution in [3.63, 3.8) is 0 Å². The second-order valence-corrected chi connectivity index (χ2v) is 9.81. The molecule has 3 aromatic rings. The highest BCUT2D eigenvalue weighted by Crippen LogP contribution is 2.33. The Kier molecular flexibility index (Phi) is 7.25. The van der Waals surface area contributed by atoms with Crippen molar-refractivity contribution in [3.8, 4) is 11.1 Å². The number of anilines is 1. The Morgan fingerprint density at radius 1 is 0.944 bits per heavy atom. The number of benzene rings is 3. The van der Waals surface area contributed by atoms with E-state index in [-0.39, 0.29) is 18.4 Å². The quantitative estimate of drug-likeness (QED) is 0.356. The zero-order valence-corrected chi connectivity index (χ0v) is 21.0. The maximum atomic E-state index is 12.9. The molecule has 0 atom stereocenters. The van der Waals surface area contributed by atoms with Crippen LogP contribution in [0.2, 0.25) is 0 Å². The van der Waals surface area contributed by atoms with Crippen molar-refractivity contribution in [1.29, 1.82) is 0 Å². The van der Waals surface area contributed by atoms with Gasteiger partial charge in [-0.2, -0.15) is 0 Å². The first kappa shape index (κ1) is 25.2. The van der Waals surface area contributed by atoms with Gasteiger partial charge < -0.3 is 15.3 Å². The average Bonchev–Trinajstić information content (AvgIpc) is 3.21. The molecule has 0 radical (unpaired) electrons. The normalized spacial score (nSPS) is 13.0. The Hall–Kier alpha value is -3.93. The molecular formula is C30H32N2O4. The van der Waals surface area contributed by atoms with Gasteiger partial charge in [0.25, 0.3) is 11.8 Å². The highest BCUT2D eigenvalue weighted by atomic mass is 16.4. The third kappa shape index (κ3) is 5.18. The monoisotopic (exact) mass is 484 g/mol. The number of hydrogen-bond acceptors (Lipinski definition) is 3. The fourth-order valence-electron chi connectivity index (χ4n) is 4.40. The average molecular weight is 485 g/mol. The van der Waals surface area contributed by atoms with Gasteiger partial charge in [-0.3, -0.25) is 9.59 Å². The molecule has 4 rings (SSSR count). The first-order chi connectivity index (χ1) is 17.2. The van der Waals surface area contributed by atoms with Gasteiger partial charge in [-0.25, -0.2) is 4.79 Å². The Bertz CT molecular complexity index is 1280. The van der Waals surface area contributed by atoms with Crippen LogP contribution in [0.1, 0.15) is 71.9 Å². The van der Waals surface area contributed by atoms with Gasteiger partial charge in [0.15, 0.2) is 0 Å². The van der Waals surface area contributed by atoms with Gasteiger partial charge in [0.2, 0.25) is 0 Å². The first-order valence-corrected chi connectivity index (χ1v) is 12.4. The predicted molar refractivity (Wildman–Crippen MR) is 141 cm³/mol. The molecule has 1 aliphatic rings. The lowest BCUT2D eigenvalue weighted by molar-refractivity contribution is -0.147. The van der Waals surface area contributed by atoms with Gasteiger partial charge in [0, 0.05) is 23.4 Å². The summed E-state index contributed by atoms with van der Waals surface area (Å²) >= 11 is 0. The van der Waals surface area contributed by atoms with Crippen LogP contribution in [0.15, 0.2) is 66.7 Å². The number of carboxylic acids is 1. The Balaban J connectivity index is 1.43. The van der Waals surface area contributed by atoms with Gasteiger partial charge >= 0.3 is 5.97 Å². The summed E-state index contributed by atoms with van der Waals surface area (Å²) in [6, 6.07) is 20.8. The van der Waals surface area contributed by atoms with E-state index in [0.29, 0.717) is 16.8 Å². The predicted octanol–water partition coefficient (Wildman–Crippen LogP) is 6.16. The minimum atomic E-state index is -1.29. The third-order valence-corrected chi connectivity index (χ3v) is 6.87. The molecule has 0 saturated carbocycles. The Morgan fingerprint density at radius 3 is 2.25 bits per heavy atom. The lowest BCUT2D eigenvalue weighted by Crippen LogP contribution is -2.50. The summed E-state index contributed by atoms with van der Waals surface area (Å²) in [4.78, 5) is 38.6. The standard InChI is InChI=1S/C30H32N2O4/c1-4-5-6-7-20-8-10-22(11-9-20)27(33)31-25-16-14-21(15-17-25)23-12-13-24-19-32(28(34)26(24)18-23)30(2,3)29(35)36/h8-18H,4-7,19H2,1-3H3,(H,31,33)(H,35,36). The molecule has 0 aliphatic carbocycles. The number of unbranched alkanes of at least 4 members (excludes halogenated alkanes) is 2. The van der Waals surface area contributed by atoms with Crippen LogP contribution in [-0.2, 0) is 17.8 Å². The van der Waals surface area contributed by atoms with Crippen molar-refractivity contribution in [1.82, 2.24) is 4.90 Å². The Morgan fingerprint density at radius 2 is 1.61 bits per heavy atom. The molecule has 0 unspecified atom stereocenters. The largest absolute Gasteiger partial charge is 0.480 e. The van der Waals surface area contributed by atoms with Gasteiger partial charge in [-0.15, -0.1) is 0 Å². The molecule has 0 spiro atoms. The smallest absolute Gasteiger partial charge is 0.329 e. The van der Waals surface area contributed by atoms with E-state index in [1.807, 2.05) is 66.7 Å². The number of hydrogen-bond donors (Lipinski definition) is 2. The number of rotatable bonds is 9. The minimum Gasteiger partial charge on any atom is -0.480 e. The zero-order chi connectivity index (χ0) is 25.9. The van der Waals surface area contributed by atoms with E-state index < -0.39 is 11.5 Å². The molecule has 2 amide bonds. The van der Waals surface area contributed by atoms with Crippen molar-refractivity contribution in [2.75, 3.05) is 5.32 Å². The summed E-state index contributed by atoms with van der Waals surface area (Å²) in [5.41, 5.74) is 4.35. The van der Waals surface area contributed by atoms with Crippen LogP contribution < -0.4 is 5.32 Å². The lowest BCUT2D eigenvalue weighted by atomic mass is 10.00. The summed E-state index contributed by atoms with van der Waals surface area (Å²) in [6.07, 6.45) is 4.58. The molecule has 0 bridgehead atoms. The maximum absolute atomic E-state index is 12.9. The van der Waals surface area contributed by atoms with E-state index in [9.17, 15) is 19.5 Å². The van der Waals surface area contributed by atoms with Gasteiger partial charge in [0.1, 0.15) is 5.54 Å². The zero-order valence-electron chi connectivity index (χ0n) is 21.0. The molecule has 3 aromatic carbocycles. The number of amides is 2. The number of carbonyl (C=O) groups is 3. The third-order valence-electron chi connectivity index (χ3n) is 6.87. The van der Waals surface area contributed by atoms with Crippen LogP contribution >= 0.6 is 0 Å². The van der Waals surface area contributed by atoms with Crippen molar-refractivity contribution in [2.24, 2.45) is 0 Å². The molecule has 1 aliphatic heterocycles. The van der Waals surface area contributed by atoms with E-state index in [4.69, 9.17) is 0 Å². The molecule has 1 heterocycles. The van der Waals surface area contributed by atoms with Crippen molar-refractivity contribution in [2.45, 2.75) is 58.5 Å². The SMILES string of the molecule is CCCCCc1ccc(C(=O)Nc2ccc(-c3ccc4c(c3)C(=O)N(C(C)(C)C(=O)O)C4)cc2)cc1. The van der Waals surface area contributed by atoms with Crippen LogP contribution in [0, 0.1) is 0 Å². The number of nitrogens with one attached hydrogen (secondary N) is 1. The van der Waals surface area contributed by atoms with E-state index >= 15 is 0 Å². The molecule has 6 heteroatoms. The number of aryl methyl sites for hydroxylation is 1. The number of fused-ring (bicyclic) bond motifs is 1. The highest BCUT2D eigenvalue weighted by molar-refractivity contribution is 6.04. The molecule has 186 valence electrons. The number of carbonyl (C=O) groups excluding carboxylic acids is 2. The molecule has 0 aromatic heterocycles. The van der Waals surface area contributed by atoms with E-state index in [2.05, 4.69) is 12.2 Å². The first-order valence-electron chi connectivity index (χ1n) is 12.4. The summed E-state index contributed by atoms with van der Waals surface area (Å²) in [6.45, 7) is 5.53. The molecular weight excluding hydrogens is 452 g/mol. The van der Waals surface area contributed by atoms with E-state index in [0.717, 1.165) is 29.5 Å². The Labute approximate surface area is 212 Å². The van der Waals surface area contributed by atoms with Gasteiger partial charge in [0.05, 0.1) is 0 Å². The second kappa shape index (κ2) is 10.4. The second-order valence-electron chi connectivity index (χ2n) is 9.81. The fraction of sp³-hybridized carbons (Fsp3) is 0.300. The van der Waals surface area contributed by atoms with E-state index in [1.165, 1.54) is 37.2 Å². The van der Waals surface area contributed by atoms with Gasteiger partial charge in [-0.1, -0.05) is 56.2 Å². The van der Waals surface area contributed by atoms with Crippen molar-refractivity contribution >= 4 is 23.5 Å². The maximum Gasteiger partial charge on any atom is 0.329 e. The summed E-state index contributed by atoms with van der Waals surface area (Å²) in [5, 5.41) is 12.5. The summed E-state index contributed by atoms with van der Waals surface area (Å²) in [7, 11) is 0. The number of carboxylic acid groups (broad SMARTS) is 1. The molecule has 36 heavy (non-hydrogen) atoms. The minimum absolute atomic E-state index is 0.160. The van der Waals surface area contributed by atoms with Gasteiger partial charge in [-0.05, 0) is 79.3 Å². The molecule has 6 nitrogen and oxygen atoms in total. The van der Waals surface area contributed by atoms with Crippen LogP contribution in [0.3, 0.4) is 0 Å². The van der Waals surface area contributed by atoms with E-state index in [1.54, 1.807) is 0 Å². The molecule has 0 fully saturated rings. The van der Waals surface area contributed by atoms with Crippen LogP contribution in [0.5, 0.6) is 0 Å². The van der Waals surface area contributed by atoms with Crippen LogP contribution in [0.25, 0.3) is 11.1 Å². The number of nitrogens with zero attached hydrogens (tertiary/aromatic N) is 1. The fourth-order valence-corrected chi connectivity index (χ4v) is 4.40. The lowest BCUT2D eigenvalue weighted by Gasteiger charge is -2.31. The highest BCUT2D eigenvalue weighted by Gasteiger charge is 2.42. The van der Waals surface area contributed by atoms with Crippen molar-refractivity contribution < 1.29 is 19.5 Å². The summed E-state index contributed by atoms with van der Waals surface area (Å²) < 4.78 is 0. The topological polar surface area (TPSA) is 86.7 Å².